The van der Waals surface area contributed by atoms with E-state index in [9.17, 15) is 24.0 Å². The molecule has 184 valence electrons. The fourth-order valence-corrected chi connectivity index (χ4v) is 2.90. The van der Waals surface area contributed by atoms with Gasteiger partial charge in [-0.3, -0.25) is 24.0 Å². The third-order valence-corrected chi connectivity index (χ3v) is 4.68. The summed E-state index contributed by atoms with van der Waals surface area (Å²) in [6.07, 6.45) is 2.48. The predicted molar refractivity (Wildman–Crippen MR) is 116 cm³/mol. The van der Waals surface area contributed by atoms with Crippen molar-refractivity contribution in [1.82, 2.24) is 25.9 Å². The number of aromatic nitrogens is 2. The van der Waals surface area contributed by atoms with Crippen molar-refractivity contribution in [2.45, 2.75) is 70.6 Å². The van der Waals surface area contributed by atoms with Crippen LogP contribution in [0.25, 0.3) is 0 Å². The first-order valence-corrected chi connectivity index (χ1v) is 10.5. The number of amides is 3. The van der Waals surface area contributed by atoms with Crippen LogP contribution in [0, 0.1) is 5.92 Å². The SMILES string of the molecule is CC(C)CC(N)C(=O)NC(CCC(=O)O)C(=O)NC(Cc1cnc[nH]1)C(=O)NC(C)C(=O)O. The molecule has 33 heavy (non-hydrogen) atoms. The zero-order chi connectivity index (χ0) is 25.1. The van der Waals surface area contributed by atoms with Crippen molar-refractivity contribution in [1.29, 1.82) is 0 Å². The number of hydrogen-bond donors (Lipinski definition) is 7. The minimum Gasteiger partial charge on any atom is -0.481 e. The number of carbonyl (C=O) groups is 5. The van der Waals surface area contributed by atoms with E-state index in [-0.39, 0.29) is 18.8 Å². The Balaban J connectivity index is 3.00. The van der Waals surface area contributed by atoms with Gasteiger partial charge in [0.25, 0.3) is 0 Å². The third kappa shape index (κ3) is 10.1. The van der Waals surface area contributed by atoms with Crippen LogP contribution in [0.3, 0.4) is 0 Å². The Hall–Kier alpha value is -3.48. The number of imidazole rings is 1. The van der Waals surface area contributed by atoms with Crippen molar-refractivity contribution < 1.29 is 34.2 Å². The summed E-state index contributed by atoms with van der Waals surface area (Å²) in [5, 5.41) is 25.2. The van der Waals surface area contributed by atoms with E-state index in [0.717, 1.165) is 0 Å². The van der Waals surface area contributed by atoms with Gasteiger partial charge in [0.1, 0.15) is 18.1 Å². The number of aliphatic carboxylic acids is 2. The lowest BCUT2D eigenvalue weighted by atomic mass is 10.0. The molecule has 0 aromatic carbocycles. The van der Waals surface area contributed by atoms with Crippen molar-refractivity contribution in [2.75, 3.05) is 0 Å². The number of nitrogens with one attached hydrogen (secondary N) is 4. The summed E-state index contributed by atoms with van der Waals surface area (Å²) in [5.41, 5.74) is 6.34. The molecule has 13 heteroatoms. The zero-order valence-electron chi connectivity index (χ0n) is 18.8. The van der Waals surface area contributed by atoms with Crippen LogP contribution in [0.4, 0.5) is 0 Å². The summed E-state index contributed by atoms with van der Waals surface area (Å²) in [7, 11) is 0. The van der Waals surface area contributed by atoms with Gasteiger partial charge in [-0.15, -0.1) is 0 Å². The number of H-pyrrole nitrogens is 1. The van der Waals surface area contributed by atoms with Crippen molar-refractivity contribution in [3.63, 3.8) is 0 Å². The van der Waals surface area contributed by atoms with Crippen LogP contribution in [0.2, 0.25) is 0 Å². The Kier molecular flexibility index (Phi) is 11.0. The van der Waals surface area contributed by atoms with Crippen LogP contribution < -0.4 is 21.7 Å². The molecule has 0 aliphatic carbocycles. The summed E-state index contributed by atoms with van der Waals surface area (Å²) < 4.78 is 0. The summed E-state index contributed by atoms with van der Waals surface area (Å²) in [6, 6.07) is -4.59. The van der Waals surface area contributed by atoms with E-state index in [1.54, 1.807) is 0 Å². The van der Waals surface area contributed by atoms with E-state index < -0.39 is 60.2 Å². The lowest BCUT2D eigenvalue weighted by Gasteiger charge is -2.24. The summed E-state index contributed by atoms with van der Waals surface area (Å²) in [6.45, 7) is 5.01. The van der Waals surface area contributed by atoms with Gasteiger partial charge in [0.05, 0.1) is 12.4 Å². The zero-order valence-corrected chi connectivity index (χ0v) is 18.8. The van der Waals surface area contributed by atoms with Crippen molar-refractivity contribution in [2.24, 2.45) is 11.7 Å². The van der Waals surface area contributed by atoms with Crippen molar-refractivity contribution >= 4 is 29.7 Å². The van der Waals surface area contributed by atoms with Crippen molar-refractivity contribution in [3.8, 4) is 0 Å². The Morgan fingerprint density at radius 2 is 1.61 bits per heavy atom. The number of hydrogen-bond acceptors (Lipinski definition) is 7. The molecule has 0 saturated carbocycles. The van der Waals surface area contributed by atoms with Crippen LogP contribution in [0.1, 0.15) is 45.7 Å². The molecule has 1 aromatic heterocycles. The third-order valence-electron chi connectivity index (χ3n) is 4.68. The Labute approximate surface area is 190 Å². The Morgan fingerprint density at radius 1 is 1.00 bits per heavy atom. The highest BCUT2D eigenvalue weighted by Gasteiger charge is 2.30. The van der Waals surface area contributed by atoms with Crippen LogP contribution in [-0.2, 0) is 30.4 Å². The Morgan fingerprint density at radius 3 is 2.12 bits per heavy atom. The number of carbonyl (C=O) groups excluding carboxylic acids is 3. The molecule has 4 unspecified atom stereocenters. The van der Waals surface area contributed by atoms with E-state index in [1.807, 2.05) is 13.8 Å². The summed E-state index contributed by atoms with van der Waals surface area (Å²) in [5.74, 6) is -4.51. The standard InChI is InChI=1S/C20H32N6O7/c1-10(2)6-13(21)17(29)25-14(4-5-16(27)28)18(30)26-15(7-12-8-22-9-23-12)19(31)24-11(3)20(32)33/h8-11,13-15H,4-7,21H2,1-3H3,(H,22,23)(H,24,31)(H,25,29)(H,26,30)(H,27,28)(H,32,33). The van der Waals surface area contributed by atoms with Gasteiger partial charge in [0.15, 0.2) is 0 Å². The molecule has 1 rings (SSSR count). The second-order valence-corrected chi connectivity index (χ2v) is 8.14. The normalized spacial score (nSPS) is 14.6. The maximum absolute atomic E-state index is 12.9. The average Bonchev–Trinajstić information content (AvgIpc) is 3.22. The van der Waals surface area contributed by atoms with Gasteiger partial charge < -0.3 is 36.9 Å². The predicted octanol–water partition coefficient (Wildman–Crippen LogP) is -1.25. The van der Waals surface area contributed by atoms with Crippen LogP contribution in [0.15, 0.2) is 12.5 Å². The van der Waals surface area contributed by atoms with E-state index >= 15 is 0 Å². The van der Waals surface area contributed by atoms with Crippen LogP contribution in [-0.4, -0.2) is 74.0 Å². The lowest BCUT2D eigenvalue weighted by Crippen LogP contribution is -2.57. The molecule has 0 aliphatic rings. The van der Waals surface area contributed by atoms with Crippen molar-refractivity contribution in [3.05, 3.63) is 18.2 Å². The molecular weight excluding hydrogens is 436 g/mol. The minimum absolute atomic E-state index is 0.0453. The fraction of sp³-hybridized carbons (Fsp3) is 0.600. The summed E-state index contributed by atoms with van der Waals surface area (Å²) in [4.78, 5) is 66.7. The molecule has 3 amide bonds. The number of rotatable bonds is 14. The van der Waals surface area contributed by atoms with Gasteiger partial charge in [-0.25, -0.2) is 4.98 Å². The van der Waals surface area contributed by atoms with Crippen LogP contribution >= 0.6 is 0 Å². The van der Waals surface area contributed by atoms with Gasteiger partial charge in [-0.05, 0) is 25.7 Å². The molecule has 4 atom stereocenters. The maximum Gasteiger partial charge on any atom is 0.325 e. The number of aromatic amines is 1. The lowest BCUT2D eigenvalue weighted by molar-refractivity contribution is -0.141. The van der Waals surface area contributed by atoms with Gasteiger partial charge in [0.2, 0.25) is 17.7 Å². The van der Waals surface area contributed by atoms with E-state index in [4.69, 9.17) is 15.9 Å². The maximum atomic E-state index is 12.9. The second kappa shape index (κ2) is 13.2. The van der Waals surface area contributed by atoms with E-state index in [0.29, 0.717) is 12.1 Å². The highest BCUT2D eigenvalue weighted by atomic mass is 16.4. The van der Waals surface area contributed by atoms with Gasteiger partial charge in [-0.2, -0.15) is 0 Å². The minimum atomic E-state index is -1.26. The molecule has 13 nitrogen and oxygen atoms in total. The molecule has 0 spiro atoms. The van der Waals surface area contributed by atoms with Gasteiger partial charge in [0, 0.05) is 24.7 Å². The van der Waals surface area contributed by atoms with E-state index in [2.05, 4.69) is 25.9 Å². The fourth-order valence-electron chi connectivity index (χ4n) is 2.90. The number of nitrogens with two attached hydrogens (primary N) is 1. The summed E-state index contributed by atoms with van der Waals surface area (Å²) >= 11 is 0. The first-order chi connectivity index (χ1) is 15.4. The van der Waals surface area contributed by atoms with Gasteiger partial charge in [-0.1, -0.05) is 13.8 Å². The first-order valence-electron chi connectivity index (χ1n) is 10.5. The second-order valence-electron chi connectivity index (χ2n) is 8.14. The highest BCUT2D eigenvalue weighted by Crippen LogP contribution is 2.06. The topological polar surface area (TPSA) is 217 Å². The molecule has 1 aromatic rings. The van der Waals surface area contributed by atoms with Gasteiger partial charge >= 0.3 is 11.9 Å². The largest absolute Gasteiger partial charge is 0.481 e. The molecule has 0 radical (unpaired) electrons. The quantitative estimate of drug-likeness (QED) is 0.173. The molecular formula is C20H32N6O7. The molecule has 0 saturated heterocycles. The molecule has 0 bridgehead atoms. The molecule has 0 fully saturated rings. The first kappa shape index (κ1) is 27.6. The number of carboxylic acid groups (broad SMARTS) is 2. The molecule has 8 N–H and O–H groups in total. The molecule has 1 heterocycles. The monoisotopic (exact) mass is 468 g/mol. The highest BCUT2D eigenvalue weighted by molar-refractivity contribution is 5.94. The van der Waals surface area contributed by atoms with Crippen LogP contribution in [0.5, 0.6) is 0 Å². The number of nitrogens with zero attached hydrogens (tertiary/aromatic N) is 1. The van der Waals surface area contributed by atoms with E-state index in [1.165, 1.54) is 19.4 Å². The Bertz CT molecular complexity index is 827. The smallest absolute Gasteiger partial charge is 0.325 e. The average molecular weight is 469 g/mol. The molecule has 0 aliphatic heterocycles. The number of carboxylic acids is 2.